The van der Waals surface area contributed by atoms with E-state index >= 15 is 0 Å². The number of rotatable bonds is 4. The average molecular weight is 439 g/mol. The molecule has 4 aromatic carbocycles. The van der Waals surface area contributed by atoms with Gasteiger partial charge in [0.05, 0.1) is 0 Å². The molecule has 0 N–H and O–H groups in total. The minimum Gasteiger partial charge on any atom is -0.309 e. The van der Waals surface area contributed by atoms with Crippen molar-refractivity contribution in [3.63, 3.8) is 0 Å². The molecule has 32 heavy (non-hydrogen) atoms. The van der Waals surface area contributed by atoms with Crippen molar-refractivity contribution in [1.29, 1.82) is 0 Å². The zero-order chi connectivity index (χ0) is 22.0. The standard InChI is InChI=1S/C27H22N2O2S/c1-28(2)14-5-15-29-26(30)19-10-9-18-23-17-7-4-3-6-16(17)8-12-21(23)32-22-13-11-20(27(29)31)24(19)25(18)22/h3-4,6-13H,5,14-15H2,1-2H3. The number of pyridine rings is 1. The van der Waals surface area contributed by atoms with Gasteiger partial charge in [-0.15, -0.1) is 11.3 Å². The van der Waals surface area contributed by atoms with E-state index in [1.165, 1.54) is 25.4 Å². The zero-order valence-corrected chi connectivity index (χ0v) is 18.8. The molecule has 0 aliphatic heterocycles. The van der Waals surface area contributed by atoms with Crippen molar-refractivity contribution < 1.29 is 0 Å². The first-order chi connectivity index (χ1) is 15.5. The van der Waals surface area contributed by atoms with Crippen molar-refractivity contribution in [2.45, 2.75) is 13.0 Å². The van der Waals surface area contributed by atoms with Gasteiger partial charge in [-0.25, -0.2) is 0 Å². The summed E-state index contributed by atoms with van der Waals surface area (Å²) < 4.78 is 3.73. The van der Waals surface area contributed by atoms with Crippen LogP contribution in [0, 0.1) is 0 Å². The van der Waals surface area contributed by atoms with E-state index < -0.39 is 0 Å². The van der Waals surface area contributed by atoms with Crippen LogP contribution >= 0.6 is 11.3 Å². The van der Waals surface area contributed by atoms with Crippen LogP contribution in [0.3, 0.4) is 0 Å². The van der Waals surface area contributed by atoms with Crippen molar-refractivity contribution in [3.05, 3.63) is 81.4 Å². The molecule has 0 radical (unpaired) electrons. The molecule has 0 spiro atoms. The largest absolute Gasteiger partial charge is 0.309 e. The van der Waals surface area contributed by atoms with E-state index in [0.717, 1.165) is 33.8 Å². The first-order valence-corrected chi connectivity index (χ1v) is 11.7. The van der Waals surface area contributed by atoms with Gasteiger partial charge >= 0.3 is 0 Å². The third-order valence-corrected chi connectivity index (χ3v) is 7.56. The second-order valence-electron chi connectivity index (χ2n) is 8.70. The van der Waals surface area contributed by atoms with Crippen LogP contribution in [0.5, 0.6) is 0 Å². The monoisotopic (exact) mass is 438 g/mol. The lowest BCUT2D eigenvalue weighted by Gasteiger charge is -2.15. The quantitative estimate of drug-likeness (QED) is 0.272. The Balaban J connectivity index is 1.74. The molecule has 6 aromatic rings. The summed E-state index contributed by atoms with van der Waals surface area (Å²) in [4.78, 5) is 28.8. The van der Waals surface area contributed by atoms with Gasteiger partial charge in [-0.2, -0.15) is 0 Å². The molecule has 0 saturated heterocycles. The predicted octanol–water partition coefficient (Wildman–Crippen LogP) is 5.43. The van der Waals surface area contributed by atoms with Crippen molar-refractivity contribution in [2.24, 2.45) is 0 Å². The molecular weight excluding hydrogens is 416 g/mol. The first-order valence-electron chi connectivity index (χ1n) is 10.8. The number of aromatic nitrogens is 1. The normalized spacial score (nSPS) is 12.3. The van der Waals surface area contributed by atoms with E-state index in [-0.39, 0.29) is 11.1 Å². The third kappa shape index (κ3) is 2.71. The molecule has 5 heteroatoms. The average Bonchev–Trinajstić information content (AvgIpc) is 2.80. The van der Waals surface area contributed by atoms with Gasteiger partial charge in [0.25, 0.3) is 11.1 Å². The SMILES string of the molecule is CN(C)CCCn1c(=O)c2ccc3sc4ccc5ccccc5c4c4ccc(c1=O)c2c34. The molecule has 0 unspecified atom stereocenters. The lowest BCUT2D eigenvalue weighted by atomic mass is 9.95. The topological polar surface area (TPSA) is 42.3 Å². The van der Waals surface area contributed by atoms with Crippen LogP contribution in [0.25, 0.3) is 52.5 Å². The van der Waals surface area contributed by atoms with Crippen LogP contribution in [0.1, 0.15) is 6.42 Å². The van der Waals surface area contributed by atoms with Gasteiger partial charge in [0.15, 0.2) is 0 Å². The van der Waals surface area contributed by atoms with Crippen molar-refractivity contribution in [1.82, 2.24) is 9.47 Å². The fraction of sp³-hybridized carbons (Fsp3) is 0.185. The fourth-order valence-electron chi connectivity index (χ4n) is 4.98. The van der Waals surface area contributed by atoms with Crippen molar-refractivity contribution >= 4 is 63.8 Å². The van der Waals surface area contributed by atoms with Gasteiger partial charge in [-0.1, -0.05) is 36.4 Å². The molecule has 0 aliphatic rings. The predicted molar refractivity (Wildman–Crippen MR) is 137 cm³/mol. The summed E-state index contributed by atoms with van der Waals surface area (Å²) in [5.41, 5.74) is -0.364. The summed E-state index contributed by atoms with van der Waals surface area (Å²) in [6.45, 7) is 1.26. The van der Waals surface area contributed by atoms with Gasteiger partial charge in [0.2, 0.25) is 0 Å². The van der Waals surface area contributed by atoms with Gasteiger partial charge in [0.1, 0.15) is 0 Å². The summed E-state index contributed by atoms with van der Waals surface area (Å²) in [6.07, 6.45) is 0.758. The Morgan fingerprint density at radius 1 is 0.719 bits per heavy atom. The second-order valence-corrected chi connectivity index (χ2v) is 9.79. The van der Waals surface area contributed by atoms with Gasteiger partial charge in [-0.05, 0) is 67.5 Å². The molecule has 2 aromatic heterocycles. The van der Waals surface area contributed by atoms with Crippen molar-refractivity contribution in [2.75, 3.05) is 20.6 Å². The number of nitrogens with zero attached hydrogens (tertiary/aromatic N) is 2. The summed E-state index contributed by atoms with van der Waals surface area (Å²) in [5, 5.41) is 7.79. The molecule has 158 valence electrons. The van der Waals surface area contributed by atoms with Crippen LogP contribution in [0.15, 0.2) is 70.3 Å². The van der Waals surface area contributed by atoms with Crippen molar-refractivity contribution in [3.8, 4) is 0 Å². The highest BCUT2D eigenvalue weighted by atomic mass is 32.1. The molecule has 0 aliphatic carbocycles. The molecule has 4 nitrogen and oxygen atoms in total. The highest BCUT2D eigenvalue weighted by Crippen LogP contribution is 2.42. The fourth-order valence-corrected chi connectivity index (χ4v) is 6.12. The first kappa shape index (κ1) is 19.4. The molecule has 0 fully saturated rings. The van der Waals surface area contributed by atoms with Crippen LogP contribution in [-0.4, -0.2) is 30.1 Å². The van der Waals surface area contributed by atoms with Gasteiger partial charge in [0, 0.05) is 42.9 Å². The highest BCUT2D eigenvalue weighted by Gasteiger charge is 2.18. The Bertz CT molecular complexity index is 1750. The molecule has 0 bridgehead atoms. The van der Waals surface area contributed by atoms with Gasteiger partial charge in [-0.3, -0.25) is 14.2 Å². The Kier molecular flexibility index (Phi) is 4.32. The lowest BCUT2D eigenvalue weighted by molar-refractivity contribution is 0.384. The highest BCUT2D eigenvalue weighted by molar-refractivity contribution is 7.25. The summed E-state index contributed by atoms with van der Waals surface area (Å²) in [5.74, 6) is 0. The Hall–Kier alpha value is -3.28. The summed E-state index contributed by atoms with van der Waals surface area (Å²) >= 11 is 1.72. The summed E-state index contributed by atoms with van der Waals surface area (Å²) in [7, 11) is 3.99. The molecule has 0 saturated carbocycles. The Morgan fingerprint density at radius 2 is 1.38 bits per heavy atom. The van der Waals surface area contributed by atoms with E-state index in [9.17, 15) is 9.59 Å². The zero-order valence-electron chi connectivity index (χ0n) is 18.0. The molecule has 2 heterocycles. The maximum absolute atomic E-state index is 13.4. The minimum atomic E-state index is -0.182. The van der Waals surface area contributed by atoms with Gasteiger partial charge < -0.3 is 4.90 Å². The maximum atomic E-state index is 13.4. The number of benzene rings is 4. The third-order valence-electron chi connectivity index (χ3n) is 6.44. The van der Waals surface area contributed by atoms with E-state index in [2.05, 4.69) is 47.4 Å². The van der Waals surface area contributed by atoms with Crippen LogP contribution in [0.4, 0.5) is 0 Å². The van der Waals surface area contributed by atoms with E-state index in [1.54, 1.807) is 11.3 Å². The van der Waals surface area contributed by atoms with Crippen LogP contribution in [0.2, 0.25) is 0 Å². The van der Waals surface area contributed by atoms with Crippen LogP contribution < -0.4 is 11.1 Å². The Labute approximate surface area is 188 Å². The smallest absolute Gasteiger partial charge is 0.261 e. The molecule has 0 atom stereocenters. The second kappa shape index (κ2) is 7.12. The molecule has 0 amide bonds. The number of hydrogen-bond donors (Lipinski definition) is 0. The summed E-state index contributed by atoms with van der Waals surface area (Å²) in [6, 6.07) is 20.7. The maximum Gasteiger partial charge on any atom is 0.261 e. The van der Waals surface area contributed by atoms with E-state index in [1.807, 2.05) is 32.3 Å². The number of hydrogen-bond acceptors (Lipinski definition) is 4. The van der Waals surface area contributed by atoms with Crippen LogP contribution in [-0.2, 0) is 6.54 Å². The van der Waals surface area contributed by atoms with E-state index in [0.29, 0.717) is 17.3 Å². The molecular formula is C27H22N2O2S. The lowest BCUT2D eigenvalue weighted by Crippen LogP contribution is -2.34. The minimum absolute atomic E-state index is 0.182. The number of fused-ring (bicyclic) bond motifs is 4. The molecule has 6 rings (SSSR count). The van der Waals surface area contributed by atoms with E-state index in [4.69, 9.17) is 0 Å². The Morgan fingerprint density at radius 3 is 2.16 bits per heavy atom.